The molecule has 16 heavy (non-hydrogen) atoms. The molecule has 0 aliphatic heterocycles. The first-order valence-electron chi connectivity index (χ1n) is 5.52. The van der Waals surface area contributed by atoms with Crippen LogP contribution in [0.2, 0.25) is 0 Å². The van der Waals surface area contributed by atoms with Crippen LogP contribution in [0.3, 0.4) is 0 Å². The number of amides is 1. The summed E-state index contributed by atoms with van der Waals surface area (Å²) in [5.74, 6) is 0.156. The van der Waals surface area contributed by atoms with Crippen LogP contribution in [-0.2, 0) is 7.05 Å². The molecule has 5 heteroatoms. The normalized spacial score (nSPS) is 12.4. The standard InChI is InChI=1S/C11H19N3O2/c1-9(8-15)4-3-6-12-11(16)10-5-7-14(2)13-10/h5,7,9,15H,3-4,6,8H2,1-2H3,(H,12,16). The number of hydrogen-bond acceptors (Lipinski definition) is 3. The maximum atomic E-state index is 11.5. The molecule has 0 saturated carbocycles. The lowest BCUT2D eigenvalue weighted by Crippen LogP contribution is -2.25. The number of carbonyl (C=O) groups excluding carboxylic acids is 1. The van der Waals surface area contributed by atoms with Gasteiger partial charge in [-0.2, -0.15) is 5.10 Å². The van der Waals surface area contributed by atoms with Crippen LogP contribution in [-0.4, -0.2) is 33.9 Å². The fraction of sp³-hybridized carbons (Fsp3) is 0.636. The lowest BCUT2D eigenvalue weighted by Gasteiger charge is -2.07. The van der Waals surface area contributed by atoms with E-state index in [1.807, 2.05) is 6.92 Å². The Morgan fingerprint density at radius 1 is 1.69 bits per heavy atom. The van der Waals surface area contributed by atoms with Crippen molar-refractivity contribution in [3.63, 3.8) is 0 Å². The van der Waals surface area contributed by atoms with Crippen LogP contribution in [0.1, 0.15) is 30.3 Å². The molecule has 1 atom stereocenters. The number of aromatic nitrogens is 2. The molecule has 1 unspecified atom stereocenters. The molecule has 1 aromatic heterocycles. The van der Waals surface area contributed by atoms with Crippen molar-refractivity contribution in [3.05, 3.63) is 18.0 Å². The van der Waals surface area contributed by atoms with Gasteiger partial charge in [-0.15, -0.1) is 0 Å². The highest BCUT2D eigenvalue weighted by atomic mass is 16.3. The van der Waals surface area contributed by atoms with E-state index in [9.17, 15) is 4.79 Å². The predicted octanol–water partition coefficient (Wildman–Crippen LogP) is 0.558. The summed E-state index contributed by atoms with van der Waals surface area (Å²) in [7, 11) is 1.78. The Labute approximate surface area is 95.5 Å². The van der Waals surface area contributed by atoms with E-state index in [-0.39, 0.29) is 12.5 Å². The molecule has 0 fully saturated rings. The molecule has 1 heterocycles. The summed E-state index contributed by atoms with van der Waals surface area (Å²) in [5, 5.41) is 15.6. The van der Waals surface area contributed by atoms with Crippen LogP contribution < -0.4 is 5.32 Å². The molecule has 0 bridgehead atoms. The third-order valence-corrected chi connectivity index (χ3v) is 2.42. The Balaban J connectivity index is 2.21. The SMILES string of the molecule is CC(CO)CCCNC(=O)c1ccn(C)n1. The second-order valence-corrected chi connectivity index (χ2v) is 4.06. The van der Waals surface area contributed by atoms with Crippen molar-refractivity contribution < 1.29 is 9.90 Å². The van der Waals surface area contributed by atoms with Gasteiger partial charge in [0.1, 0.15) is 5.69 Å². The number of rotatable bonds is 6. The van der Waals surface area contributed by atoms with Gasteiger partial charge < -0.3 is 10.4 Å². The van der Waals surface area contributed by atoms with Crippen molar-refractivity contribution in [2.45, 2.75) is 19.8 Å². The lowest BCUT2D eigenvalue weighted by atomic mass is 10.1. The number of hydrogen-bond donors (Lipinski definition) is 2. The van der Waals surface area contributed by atoms with E-state index >= 15 is 0 Å². The third kappa shape index (κ3) is 4.02. The molecule has 1 rings (SSSR count). The van der Waals surface area contributed by atoms with E-state index in [0.717, 1.165) is 12.8 Å². The van der Waals surface area contributed by atoms with Gasteiger partial charge in [-0.25, -0.2) is 0 Å². The number of aliphatic hydroxyl groups excluding tert-OH is 1. The van der Waals surface area contributed by atoms with Crippen LogP contribution in [0.15, 0.2) is 12.3 Å². The fourth-order valence-corrected chi connectivity index (χ4v) is 1.37. The maximum absolute atomic E-state index is 11.5. The Hall–Kier alpha value is -1.36. The summed E-state index contributed by atoms with van der Waals surface area (Å²) in [6, 6.07) is 1.69. The average molecular weight is 225 g/mol. The molecule has 0 spiro atoms. The zero-order valence-electron chi connectivity index (χ0n) is 9.81. The van der Waals surface area contributed by atoms with E-state index in [4.69, 9.17) is 5.11 Å². The minimum Gasteiger partial charge on any atom is -0.396 e. The summed E-state index contributed by atoms with van der Waals surface area (Å²) in [6.45, 7) is 2.81. The average Bonchev–Trinajstić information content (AvgIpc) is 2.70. The Morgan fingerprint density at radius 2 is 2.44 bits per heavy atom. The molecule has 1 amide bonds. The molecular formula is C11H19N3O2. The fourth-order valence-electron chi connectivity index (χ4n) is 1.37. The minimum atomic E-state index is -0.141. The maximum Gasteiger partial charge on any atom is 0.271 e. The summed E-state index contributed by atoms with van der Waals surface area (Å²) in [4.78, 5) is 11.5. The van der Waals surface area contributed by atoms with Crippen molar-refractivity contribution in [1.29, 1.82) is 0 Å². The van der Waals surface area contributed by atoms with Crippen LogP contribution >= 0.6 is 0 Å². The van der Waals surface area contributed by atoms with E-state index in [1.165, 1.54) is 0 Å². The largest absolute Gasteiger partial charge is 0.396 e. The molecule has 0 radical (unpaired) electrons. The van der Waals surface area contributed by atoms with E-state index < -0.39 is 0 Å². The molecule has 0 aliphatic rings. The van der Waals surface area contributed by atoms with Gasteiger partial charge in [-0.3, -0.25) is 9.48 Å². The molecule has 0 saturated heterocycles. The summed E-state index contributed by atoms with van der Waals surface area (Å²) in [5.41, 5.74) is 0.442. The number of nitrogens with one attached hydrogen (secondary N) is 1. The van der Waals surface area contributed by atoms with Crippen LogP contribution in [0.4, 0.5) is 0 Å². The first-order valence-corrected chi connectivity index (χ1v) is 5.52. The van der Waals surface area contributed by atoms with E-state index in [0.29, 0.717) is 18.2 Å². The molecule has 90 valence electrons. The van der Waals surface area contributed by atoms with Crippen LogP contribution in [0.25, 0.3) is 0 Å². The second kappa shape index (κ2) is 6.27. The van der Waals surface area contributed by atoms with Gasteiger partial charge in [0.25, 0.3) is 5.91 Å². The van der Waals surface area contributed by atoms with Gasteiger partial charge >= 0.3 is 0 Å². The highest BCUT2D eigenvalue weighted by Crippen LogP contribution is 2.02. The molecular weight excluding hydrogens is 206 g/mol. The van der Waals surface area contributed by atoms with Crippen LogP contribution in [0.5, 0.6) is 0 Å². The van der Waals surface area contributed by atoms with Crippen molar-refractivity contribution in [2.24, 2.45) is 13.0 Å². The Kier molecular flexibility index (Phi) is 4.98. The van der Waals surface area contributed by atoms with Gasteiger partial charge in [0.15, 0.2) is 0 Å². The van der Waals surface area contributed by atoms with Crippen molar-refractivity contribution in [3.8, 4) is 0 Å². The van der Waals surface area contributed by atoms with Crippen LogP contribution in [0, 0.1) is 5.92 Å². The van der Waals surface area contributed by atoms with Gasteiger partial charge in [0.2, 0.25) is 0 Å². The number of nitrogens with zero attached hydrogens (tertiary/aromatic N) is 2. The molecule has 1 aromatic rings. The zero-order chi connectivity index (χ0) is 12.0. The Bertz CT molecular complexity index is 336. The highest BCUT2D eigenvalue weighted by Gasteiger charge is 2.07. The monoisotopic (exact) mass is 225 g/mol. The molecule has 0 aliphatic carbocycles. The zero-order valence-corrected chi connectivity index (χ0v) is 9.81. The van der Waals surface area contributed by atoms with Gasteiger partial charge in [0, 0.05) is 26.4 Å². The van der Waals surface area contributed by atoms with Crippen molar-refractivity contribution >= 4 is 5.91 Å². The smallest absolute Gasteiger partial charge is 0.271 e. The van der Waals surface area contributed by atoms with E-state index in [2.05, 4.69) is 10.4 Å². The number of aryl methyl sites for hydroxylation is 1. The van der Waals surface area contributed by atoms with Gasteiger partial charge in [-0.05, 0) is 24.8 Å². The molecule has 2 N–H and O–H groups in total. The molecule has 0 aromatic carbocycles. The van der Waals surface area contributed by atoms with E-state index in [1.54, 1.807) is 24.0 Å². The number of carbonyl (C=O) groups is 1. The first-order chi connectivity index (χ1) is 7.63. The number of aliphatic hydroxyl groups is 1. The highest BCUT2D eigenvalue weighted by molar-refractivity contribution is 5.92. The predicted molar refractivity (Wildman–Crippen MR) is 61.0 cm³/mol. The Morgan fingerprint density at radius 3 is 3.00 bits per heavy atom. The first kappa shape index (κ1) is 12.7. The lowest BCUT2D eigenvalue weighted by molar-refractivity contribution is 0.0946. The minimum absolute atomic E-state index is 0.141. The van der Waals surface area contributed by atoms with Gasteiger partial charge in [0.05, 0.1) is 0 Å². The summed E-state index contributed by atoms with van der Waals surface area (Å²) >= 11 is 0. The van der Waals surface area contributed by atoms with Crippen molar-refractivity contribution in [1.82, 2.24) is 15.1 Å². The second-order valence-electron chi connectivity index (χ2n) is 4.06. The quantitative estimate of drug-likeness (QED) is 0.695. The third-order valence-electron chi connectivity index (χ3n) is 2.42. The summed E-state index contributed by atoms with van der Waals surface area (Å²) in [6.07, 6.45) is 3.53. The summed E-state index contributed by atoms with van der Waals surface area (Å²) < 4.78 is 1.60. The van der Waals surface area contributed by atoms with Gasteiger partial charge in [-0.1, -0.05) is 6.92 Å². The van der Waals surface area contributed by atoms with Crippen molar-refractivity contribution in [2.75, 3.05) is 13.2 Å². The topological polar surface area (TPSA) is 67.2 Å². The molecule has 5 nitrogen and oxygen atoms in total.